The summed E-state index contributed by atoms with van der Waals surface area (Å²) in [6, 6.07) is 3.94. The van der Waals surface area contributed by atoms with Crippen LogP contribution in [0.4, 0.5) is 5.69 Å². The highest BCUT2D eigenvalue weighted by atomic mass is 35.5. The fourth-order valence-corrected chi connectivity index (χ4v) is 2.09. The Morgan fingerprint density at radius 1 is 1.53 bits per heavy atom. The Hall–Kier alpha value is -0.960. The molecule has 0 N–H and O–H groups in total. The fraction of sp³-hybridized carbons (Fsp3) is 0.545. The van der Waals surface area contributed by atoms with Crippen molar-refractivity contribution in [3.8, 4) is 5.88 Å². The number of pyridine rings is 1. The summed E-state index contributed by atoms with van der Waals surface area (Å²) in [4.78, 5) is 6.36. The maximum atomic E-state index is 6.19. The Balaban J connectivity index is 2.16. The molecule has 1 aliphatic heterocycles. The van der Waals surface area contributed by atoms with Crippen molar-refractivity contribution < 1.29 is 4.74 Å². The highest BCUT2D eigenvalue weighted by molar-refractivity contribution is 6.21. The summed E-state index contributed by atoms with van der Waals surface area (Å²) in [7, 11) is 1.63. The number of aromatic nitrogens is 1. The predicted octanol–water partition coefficient (Wildman–Crippen LogP) is 2.15. The third-order valence-corrected chi connectivity index (χ3v) is 3.38. The number of rotatable bonds is 2. The molecule has 0 radical (unpaired) electrons. The maximum Gasteiger partial charge on any atom is 0.214 e. The summed E-state index contributed by atoms with van der Waals surface area (Å²) in [6.07, 6.45) is 1.76. The Bertz CT molecular complexity index is 335. The van der Waals surface area contributed by atoms with E-state index in [4.69, 9.17) is 16.3 Å². The molecule has 0 spiro atoms. The van der Waals surface area contributed by atoms with Gasteiger partial charge in [0.05, 0.1) is 12.5 Å². The molecular weight excluding hydrogens is 212 g/mol. The molecule has 0 aliphatic carbocycles. The molecule has 2 atom stereocenters. The molecule has 1 aliphatic rings. The highest BCUT2D eigenvalue weighted by Gasteiger charge is 2.28. The zero-order valence-electron chi connectivity index (χ0n) is 8.98. The lowest BCUT2D eigenvalue weighted by Gasteiger charge is -2.18. The highest BCUT2D eigenvalue weighted by Crippen LogP contribution is 2.28. The average Bonchev–Trinajstić information content (AvgIpc) is 2.59. The number of anilines is 1. The Labute approximate surface area is 95.0 Å². The zero-order valence-corrected chi connectivity index (χ0v) is 9.74. The summed E-state index contributed by atoms with van der Waals surface area (Å²) >= 11 is 6.19. The van der Waals surface area contributed by atoms with Crippen molar-refractivity contribution in [2.75, 3.05) is 25.1 Å². The molecule has 0 saturated carbocycles. The summed E-state index contributed by atoms with van der Waals surface area (Å²) in [5.74, 6) is 1.18. The summed E-state index contributed by atoms with van der Waals surface area (Å²) < 4.78 is 5.10. The quantitative estimate of drug-likeness (QED) is 0.723. The molecule has 82 valence electrons. The molecule has 0 aromatic carbocycles. The first-order chi connectivity index (χ1) is 7.20. The van der Waals surface area contributed by atoms with Gasteiger partial charge >= 0.3 is 0 Å². The van der Waals surface area contributed by atoms with Crippen LogP contribution >= 0.6 is 11.6 Å². The van der Waals surface area contributed by atoms with Crippen LogP contribution in [-0.2, 0) is 0 Å². The first kappa shape index (κ1) is 10.6. The first-order valence-electron chi connectivity index (χ1n) is 5.09. The number of methoxy groups -OCH3 is 1. The second-order valence-corrected chi connectivity index (χ2v) is 4.52. The van der Waals surface area contributed by atoms with Gasteiger partial charge in [0.2, 0.25) is 5.88 Å². The van der Waals surface area contributed by atoms with Gasteiger partial charge < -0.3 is 9.64 Å². The lowest BCUT2D eigenvalue weighted by atomic mass is 10.2. The molecule has 1 aromatic heterocycles. The van der Waals surface area contributed by atoms with Crippen molar-refractivity contribution in [1.82, 2.24) is 4.98 Å². The fourth-order valence-electron chi connectivity index (χ4n) is 1.85. The van der Waals surface area contributed by atoms with Gasteiger partial charge in [0.25, 0.3) is 0 Å². The average molecular weight is 227 g/mol. The van der Waals surface area contributed by atoms with Crippen LogP contribution in [0.2, 0.25) is 0 Å². The molecule has 2 heterocycles. The van der Waals surface area contributed by atoms with Crippen molar-refractivity contribution in [2.24, 2.45) is 5.92 Å². The van der Waals surface area contributed by atoms with E-state index in [9.17, 15) is 0 Å². The van der Waals surface area contributed by atoms with Crippen molar-refractivity contribution in [3.05, 3.63) is 18.3 Å². The van der Waals surface area contributed by atoms with Crippen LogP contribution in [0.15, 0.2) is 18.3 Å². The predicted molar refractivity (Wildman–Crippen MR) is 61.8 cm³/mol. The van der Waals surface area contributed by atoms with E-state index in [1.54, 1.807) is 13.3 Å². The summed E-state index contributed by atoms with van der Waals surface area (Å²) in [5, 5.41) is 0.240. The van der Waals surface area contributed by atoms with E-state index in [1.165, 1.54) is 0 Å². The van der Waals surface area contributed by atoms with Gasteiger partial charge in [-0.1, -0.05) is 6.92 Å². The Morgan fingerprint density at radius 3 is 2.93 bits per heavy atom. The van der Waals surface area contributed by atoms with E-state index in [0.29, 0.717) is 11.8 Å². The van der Waals surface area contributed by atoms with E-state index in [0.717, 1.165) is 18.8 Å². The van der Waals surface area contributed by atoms with Crippen LogP contribution < -0.4 is 9.64 Å². The largest absolute Gasteiger partial charge is 0.481 e. The molecular formula is C11H15ClN2O. The van der Waals surface area contributed by atoms with Crippen LogP contribution in [0.3, 0.4) is 0 Å². The molecule has 2 rings (SSSR count). The van der Waals surface area contributed by atoms with E-state index >= 15 is 0 Å². The second kappa shape index (κ2) is 4.27. The molecule has 1 aromatic rings. The van der Waals surface area contributed by atoms with Gasteiger partial charge in [0.15, 0.2) is 0 Å². The van der Waals surface area contributed by atoms with Gasteiger partial charge in [-0.3, -0.25) is 0 Å². The monoisotopic (exact) mass is 226 g/mol. The smallest absolute Gasteiger partial charge is 0.214 e. The van der Waals surface area contributed by atoms with Gasteiger partial charge in [-0.05, 0) is 12.0 Å². The van der Waals surface area contributed by atoms with Crippen LogP contribution in [0.25, 0.3) is 0 Å². The van der Waals surface area contributed by atoms with Gasteiger partial charge in [0.1, 0.15) is 0 Å². The number of alkyl halides is 1. The van der Waals surface area contributed by atoms with Crippen molar-refractivity contribution in [1.29, 1.82) is 0 Å². The SMILES string of the molecule is COc1cc(N2CC(C)C(Cl)C2)ccn1. The van der Waals surface area contributed by atoms with Gasteiger partial charge in [-0.2, -0.15) is 0 Å². The van der Waals surface area contributed by atoms with E-state index in [1.807, 2.05) is 12.1 Å². The normalized spacial score (nSPS) is 25.7. The van der Waals surface area contributed by atoms with E-state index in [2.05, 4.69) is 16.8 Å². The van der Waals surface area contributed by atoms with Gasteiger partial charge in [0, 0.05) is 31.0 Å². The second-order valence-electron chi connectivity index (χ2n) is 3.95. The minimum absolute atomic E-state index is 0.240. The van der Waals surface area contributed by atoms with E-state index < -0.39 is 0 Å². The number of ether oxygens (including phenoxy) is 1. The summed E-state index contributed by atoms with van der Waals surface area (Å²) in [6.45, 7) is 4.08. The van der Waals surface area contributed by atoms with Crippen LogP contribution in [-0.4, -0.2) is 30.6 Å². The van der Waals surface area contributed by atoms with Crippen molar-refractivity contribution >= 4 is 17.3 Å². The molecule has 15 heavy (non-hydrogen) atoms. The lowest BCUT2D eigenvalue weighted by Crippen LogP contribution is -2.19. The van der Waals surface area contributed by atoms with Crippen LogP contribution in [0, 0.1) is 5.92 Å². The molecule has 2 unspecified atom stereocenters. The maximum absolute atomic E-state index is 6.19. The third-order valence-electron chi connectivity index (χ3n) is 2.81. The van der Waals surface area contributed by atoms with Gasteiger partial charge in [-0.25, -0.2) is 4.98 Å². The topological polar surface area (TPSA) is 25.4 Å². The first-order valence-corrected chi connectivity index (χ1v) is 5.53. The zero-order chi connectivity index (χ0) is 10.8. The van der Waals surface area contributed by atoms with Crippen LogP contribution in [0.1, 0.15) is 6.92 Å². The summed E-state index contributed by atoms with van der Waals surface area (Å²) in [5.41, 5.74) is 1.14. The molecule has 4 heteroatoms. The molecule has 0 amide bonds. The Kier molecular flexibility index (Phi) is 3.00. The number of halogens is 1. The molecule has 0 bridgehead atoms. The lowest BCUT2D eigenvalue weighted by molar-refractivity contribution is 0.398. The number of hydrogen-bond donors (Lipinski definition) is 0. The van der Waals surface area contributed by atoms with E-state index in [-0.39, 0.29) is 5.38 Å². The number of hydrogen-bond acceptors (Lipinski definition) is 3. The van der Waals surface area contributed by atoms with Crippen molar-refractivity contribution in [2.45, 2.75) is 12.3 Å². The molecule has 1 fully saturated rings. The van der Waals surface area contributed by atoms with Crippen molar-refractivity contribution in [3.63, 3.8) is 0 Å². The van der Waals surface area contributed by atoms with Gasteiger partial charge in [-0.15, -0.1) is 11.6 Å². The molecule has 3 nitrogen and oxygen atoms in total. The molecule has 1 saturated heterocycles. The third kappa shape index (κ3) is 2.17. The minimum atomic E-state index is 0.240. The standard InChI is InChI=1S/C11H15ClN2O/c1-8-6-14(7-10(8)12)9-3-4-13-11(5-9)15-2/h3-5,8,10H,6-7H2,1-2H3. The number of nitrogens with zero attached hydrogens (tertiary/aromatic N) is 2. The van der Waals surface area contributed by atoms with Crippen LogP contribution in [0.5, 0.6) is 5.88 Å². The minimum Gasteiger partial charge on any atom is -0.481 e. The Morgan fingerprint density at radius 2 is 2.33 bits per heavy atom.